The van der Waals surface area contributed by atoms with Gasteiger partial charge >= 0.3 is 6.61 Å². The van der Waals surface area contributed by atoms with Crippen LogP contribution in [0.15, 0.2) is 21.9 Å². The number of benzene rings is 1. The Morgan fingerprint density at radius 1 is 1.47 bits per heavy atom. The van der Waals surface area contributed by atoms with Crippen LogP contribution in [0.2, 0.25) is 0 Å². The van der Waals surface area contributed by atoms with Crippen LogP contribution in [0.4, 0.5) is 8.78 Å². The van der Waals surface area contributed by atoms with E-state index in [2.05, 4.69) is 17.4 Å². The van der Waals surface area contributed by atoms with Crippen LogP contribution in [0.25, 0.3) is 0 Å². The zero-order valence-corrected chi connectivity index (χ0v) is 10.4. The van der Waals surface area contributed by atoms with E-state index < -0.39 is 31.9 Å². The highest BCUT2D eigenvalue weighted by Crippen LogP contribution is 2.33. The van der Waals surface area contributed by atoms with Crippen LogP contribution in [0.1, 0.15) is 5.56 Å². The molecule has 92 valence electrons. The van der Waals surface area contributed by atoms with Gasteiger partial charge in [0.1, 0.15) is 16.7 Å². The maximum absolute atomic E-state index is 12.0. The Morgan fingerprint density at radius 3 is 2.47 bits per heavy atom. The third-order valence-electron chi connectivity index (χ3n) is 1.69. The largest absolute Gasteiger partial charge is 0.434 e. The monoisotopic (exact) mass is 299 g/mol. The van der Waals surface area contributed by atoms with Crippen molar-refractivity contribution in [3.8, 4) is 11.8 Å². The number of alkyl halides is 2. The lowest BCUT2D eigenvalue weighted by molar-refractivity contribution is -0.0517. The maximum Gasteiger partial charge on any atom is 0.387 e. The Bertz CT molecular complexity index is 583. The third-order valence-corrected chi connectivity index (χ3v) is 3.50. The molecule has 17 heavy (non-hydrogen) atoms. The van der Waals surface area contributed by atoms with Crippen molar-refractivity contribution in [3.05, 3.63) is 17.7 Å². The summed E-state index contributed by atoms with van der Waals surface area (Å²) >= 11 is 3.76. The van der Waals surface area contributed by atoms with Gasteiger partial charge < -0.3 is 4.74 Å². The van der Waals surface area contributed by atoms with Gasteiger partial charge in [0.2, 0.25) is 0 Å². The number of hydrogen-bond donors (Lipinski definition) is 1. The van der Waals surface area contributed by atoms with E-state index in [1.54, 1.807) is 0 Å². The lowest BCUT2D eigenvalue weighted by Gasteiger charge is -2.09. The molecule has 0 aliphatic rings. The summed E-state index contributed by atoms with van der Waals surface area (Å²) in [4.78, 5) is -0.817. The average molecular weight is 300 g/mol. The molecule has 1 aromatic carbocycles. The summed E-state index contributed by atoms with van der Waals surface area (Å²) in [7, 11) is 0.915. The molecule has 0 aliphatic heterocycles. The summed E-state index contributed by atoms with van der Waals surface area (Å²) in [6.07, 6.45) is 0. The predicted octanol–water partition coefficient (Wildman–Crippen LogP) is 2.38. The van der Waals surface area contributed by atoms with Crippen molar-refractivity contribution in [2.75, 3.05) is 0 Å². The minimum absolute atomic E-state index is 0.311. The van der Waals surface area contributed by atoms with Gasteiger partial charge in [-0.2, -0.15) is 14.0 Å². The van der Waals surface area contributed by atoms with E-state index in [0.717, 1.165) is 12.1 Å². The number of thiol groups is 1. The lowest BCUT2D eigenvalue weighted by atomic mass is 10.2. The molecule has 0 bridgehead atoms. The van der Waals surface area contributed by atoms with Crippen LogP contribution in [-0.4, -0.2) is 15.0 Å². The molecule has 0 unspecified atom stereocenters. The molecule has 1 rings (SSSR count). The fourth-order valence-electron chi connectivity index (χ4n) is 1.06. The summed E-state index contributed by atoms with van der Waals surface area (Å²) in [6.45, 7) is -3.11. The molecule has 0 spiro atoms. The summed E-state index contributed by atoms with van der Waals surface area (Å²) in [6, 6.07) is 3.37. The number of ether oxygens (including phenoxy) is 1. The number of halogens is 3. The van der Waals surface area contributed by atoms with Gasteiger partial charge in [0.15, 0.2) is 0 Å². The fourth-order valence-corrected chi connectivity index (χ4v) is 2.44. The standard InChI is InChI=1S/C8H4ClF2NO3S2/c9-17(13,14)6-2-1-5(15-8(10)11)7(16)4(6)3-12/h1-2,8,16H. The van der Waals surface area contributed by atoms with Crippen LogP contribution in [0.5, 0.6) is 5.75 Å². The van der Waals surface area contributed by atoms with E-state index in [1.807, 2.05) is 0 Å². The van der Waals surface area contributed by atoms with E-state index in [9.17, 15) is 17.2 Å². The van der Waals surface area contributed by atoms with Crippen molar-refractivity contribution in [1.29, 1.82) is 5.26 Å². The maximum atomic E-state index is 12.0. The number of nitrogens with zero attached hydrogens (tertiary/aromatic N) is 1. The number of nitriles is 1. The topological polar surface area (TPSA) is 67.2 Å². The molecule has 0 aliphatic carbocycles. The molecule has 0 fully saturated rings. The third kappa shape index (κ3) is 3.21. The lowest BCUT2D eigenvalue weighted by Crippen LogP contribution is -2.05. The van der Waals surface area contributed by atoms with Gasteiger partial charge in [-0.15, -0.1) is 12.6 Å². The summed E-state index contributed by atoms with van der Waals surface area (Å²) < 4.78 is 50.2. The molecule has 0 radical (unpaired) electrons. The van der Waals surface area contributed by atoms with Crippen LogP contribution in [-0.2, 0) is 9.05 Å². The molecular formula is C8H4ClF2NO3S2. The predicted molar refractivity (Wildman–Crippen MR) is 58.1 cm³/mol. The van der Waals surface area contributed by atoms with Crippen molar-refractivity contribution in [3.63, 3.8) is 0 Å². The van der Waals surface area contributed by atoms with Crippen molar-refractivity contribution in [2.45, 2.75) is 16.4 Å². The first-order valence-corrected chi connectivity index (χ1v) is 6.68. The van der Waals surface area contributed by atoms with E-state index in [1.165, 1.54) is 6.07 Å². The Hall–Kier alpha value is -1.04. The van der Waals surface area contributed by atoms with E-state index in [-0.39, 0.29) is 4.90 Å². The summed E-state index contributed by atoms with van der Waals surface area (Å²) in [5, 5.41) is 8.76. The molecule has 0 heterocycles. The highest BCUT2D eigenvalue weighted by Gasteiger charge is 2.21. The molecule has 4 nitrogen and oxygen atoms in total. The minimum atomic E-state index is -4.16. The van der Waals surface area contributed by atoms with Crippen LogP contribution in [0, 0.1) is 11.3 Å². The van der Waals surface area contributed by atoms with Crippen molar-refractivity contribution in [2.24, 2.45) is 0 Å². The molecule has 0 saturated heterocycles. The quantitative estimate of drug-likeness (QED) is 0.687. The molecule has 0 atom stereocenters. The molecular weight excluding hydrogens is 296 g/mol. The van der Waals surface area contributed by atoms with E-state index >= 15 is 0 Å². The smallest absolute Gasteiger partial charge is 0.387 e. The highest BCUT2D eigenvalue weighted by atomic mass is 35.7. The second-order valence-corrected chi connectivity index (χ2v) is 5.70. The van der Waals surface area contributed by atoms with Gasteiger partial charge in [0, 0.05) is 10.7 Å². The molecule has 0 saturated carbocycles. The first-order valence-electron chi connectivity index (χ1n) is 3.93. The average Bonchev–Trinajstić information content (AvgIpc) is 2.18. The zero-order chi connectivity index (χ0) is 13.2. The van der Waals surface area contributed by atoms with Gasteiger partial charge in [-0.25, -0.2) is 8.42 Å². The van der Waals surface area contributed by atoms with Gasteiger partial charge in [-0.1, -0.05) is 0 Å². The minimum Gasteiger partial charge on any atom is -0.434 e. The Morgan fingerprint density at radius 2 is 2.06 bits per heavy atom. The molecule has 0 N–H and O–H groups in total. The molecule has 0 aromatic heterocycles. The second-order valence-electron chi connectivity index (χ2n) is 2.71. The first kappa shape index (κ1) is 14.0. The van der Waals surface area contributed by atoms with Gasteiger partial charge in [-0.05, 0) is 12.1 Å². The Kier molecular flexibility index (Phi) is 4.19. The van der Waals surface area contributed by atoms with Crippen molar-refractivity contribution < 1.29 is 21.9 Å². The fraction of sp³-hybridized carbons (Fsp3) is 0.125. The molecule has 0 amide bonds. The highest BCUT2D eigenvalue weighted by molar-refractivity contribution is 8.13. The second kappa shape index (κ2) is 5.08. The molecule has 1 aromatic rings. The van der Waals surface area contributed by atoms with Crippen molar-refractivity contribution in [1.82, 2.24) is 0 Å². The van der Waals surface area contributed by atoms with E-state index in [0.29, 0.717) is 0 Å². The van der Waals surface area contributed by atoms with Gasteiger partial charge in [0.05, 0.1) is 10.5 Å². The van der Waals surface area contributed by atoms with Gasteiger partial charge in [-0.3, -0.25) is 0 Å². The first-order chi connectivity index (χ1) is 7.77. The van der Waals surface area contributed by atoms with Crippen molar-refractivity contribution >= 4 is 32.4 Å². The zero-order valence-electron chi connectivity index (χ0n) is 7.89. The Balaban J connectivity index is 3.44. The van der Waals surface area contributed by atoms with Crippen LogP contribution >= 0.6 is 23.3 Å². The van der Waals surface area contributed by atoms with E-state index in [4.69, 9.17) is 15.9 Å². The number of rotatable bonds is 3. The van der Waals surface area contributed by atoms with Crippen LogP contribution < -0.4 is 4.74 Å². The Labute approximate surface area is 106 Å². The SMILES string of the molecule is N#Cc1c(S(=O)(=O)Cl)ccc(OC(F)F)c1S. The van der Waals surface area contributed by atoms with Gasteiger partial charge in [0.25, 0.3) is 9.05 Å². The normalized spacial score (nSPS) is 11.3. The molecule has 9 heteroatoms. The van der Waals surface area contributed by atoms with Crippen LogP contribution in [0.3, 0.4) is 0 Å². The number of hydrogen-bond acceptors (Lipinski definition) is 5. The summed E-state index contributed by atoms with van der Waals surface area (Å²) in [5.41, 5.74) is -0.443. The summed E-state index contributed by atoms with van der Waals surface area (Å²) in [5.74, 6) is -0.399.